The lowest BCUT2D eigenvalue weighted by atomic mass is 10.2. The Balaban J connectivity index is 1.41. The molecule has 0 bridgehead atoms. The Morgan fingerprint density at radius 1 is 1.15 bits per heavy atom. The number of benzene rings is 2. The topological polar surface area (TPSA) is 82.4 Å². The number of ether oxygens (including phenoxy) is 3. The summed E-state index contributed by atoms with van der Waals surface area (Å²) in [6, 6.07) is 13.0. The number of aromatic nitrogens is 2. The van der Waals surface area contributed by atoms with E-state index in [1.165, 1.54) is 11.3 Å². The molecule has 9 heteroatoms. The summed E-state index contributed by atoms with van der Waals surface area (Å²) in [4.78, 5) is 32.4. The number of thiazole rings is 1. The van der Waals surface area contributed by atoms with Crippen LogP contribution in [0.5, 0.6) is 11.5 Å². The number of hydrogen-bond acceptors (Lipinski definition) is 7. The first kappa shape index (κ1) is 21.4. The number of fused-ring (bicyclic) bond motifs is 3. The zero-order valence-electron chi connectivity index (χ0n) is 18.2. The van der Waals surface area contributed by atoms with Crippen LogP contribution in [-0.4, -0.2) is 59.7 Å². The number of hydrogen-bond donors (Lipinski definition) is 0. The normalized spacial score (nSPS) is 14.8. The van der Waals surface area contributed by atoms with E-state index in [1.54, 1.807) is 15.4 Å². The molecule has 3 heterocycles. The fourth-order valence-corrected chi connectivity index (χ4v) is 4.80. The Bertz CT molecular complexity index is 1420. The quantitative estimate of drug-likeness (QED) is 0.434. The van der Waals surface area contributed by atoms with Crippen LogP contribution in [0.4, 0.5) is 0 Å². The molecular weight excluding hydrogens is 442 g/mol. The molecule has 170 valence electrons. The maximum Gasteiger partial charge on any atom is 0.274 e. The third kappa shape index (κ3) is 4.29. The SMILES string of the molecule is CCOc1cc(/C=c2\sc3nc4ccccc4n3c2=O)ccc1OCC(=O)N1CCOCC1. The fraction of sp³-hybridized carbons (Fsp3) is 0.292. The Morgan fingerprint density at radius 3 is 2.79 bits per heavy atom. The summed E-state index contributed by atoms with van der Waals surface area (Å²) in [5, 5.41) is 0. The van der Waals surface area contributed by atoms with Crippen molar-refractivity contribution in [3.8, 4) is 11.5 Å². The summed E-state index contributed by atoms with van der Waals surface area (Å²) >= 11 is 1.35. The average Bonchev–Trinajstić information content (AvgIpc) is 3.35. The van der Waals surface area contributed by atoms with Gasteiger partial charge in [-0.1, -0.05) is 29.5 Å². The van der Waals surface area contributed by atoms with Gasteiger partial charge in [0, 0.05) is 13.1 Å². The van der Waals surface area contributed by atoms with E-state index in [1.807, 2.05) is 49.4 Å². The maximum atomic E-state index is 13.0. The molecule has 2 aromatic carbocycles. The molecule has 4 aromatic rings. The number of morpholine rings is 1. The highest BCUT2D eigenvalue weighted by molar-refractivity contribution is 7.15. The second-order valence-electron chi connectivity index (χ2n) is 7.56. The zero-order valence-corrected chi connectivity index (χ0v) is 19.0. The summed E-state index contributed by atoms with van der Waals surface area (Å²) < 4.78 is 19.0. The minimum Gasteiger partial charge on any atom is -0.490 e. The van der Waals surface area contributed by atoms with E-state index < -0.39 is 0 Å². The average molecular weight is 466 g/mol. The van der Waals surface area contributed by atoms with Crippen molar-refractivity contribution in [1.29, 1.82) is 0 Å². The molecule has 2 aromatic heterocycles. The summed E-state index contributed by atoms with van der Waals surface area (Å²) in [6.07, 6.45) is 1.82. The highest BCUT2D eigenvalue weighted by Crippen LogP contribution is 2.29. The van der Waals surface area contributed by atoms with Crippen molar-refractivity contribution in [3.63, 3.8) is 0 Å². The number of rotatable bonds is 6. The van der Waals surface area contributed by atoms with Crippen LogP contribution in [0.25, 0.3) is 22.1 Å². The van der Waals surface area contributed by atoms with Crippen LogP contribution in [0.2, 0.25) is 0 Å². The predicted octanol–water partition coefficient (Wildman–Crippen LogP) is 2.09. The number of para-hydroxylation sites is 2. The number of imidazole rings is 1. The second kappa shape index (κ2) is 9.21. The lowest BCUT2D eigenvalue weighted by Gasteiger charge is -2.26. The largest absolute Gasteiger partial charge is 0.490 e. The summed E-state index contributed by atoms with van der Waals surface area (Å²) in [6.45, 7) is 4.51. The molecule has 1 aliphatic heterocycles. The first-order valence-corrected chi connectivity index (χ1v) is 11.6. The molecule has 0 atom stereocenters. The predicted molar refractivity (Wildman–Crippen MR) is 126 cm³/mol. The molecule has 8 nitrogen and oxygen atoms in total. The molecule has 0 aliphatic carbocycles. The van der Waals surface area contributed by atoms with Crippen LogP contribution in [-0.2, 0) is 9.53 Å². The summed E-state index contributed by atoms with van der Waals surface area (Å²) in [5.74, 6) is 0.937. The molecule has 0 spiro atoms. The van der Waals surface area contributed by atoms with Gasteiger partial charge >= 0.3 is 0 Å². The van der Waals surface area contributed by atoms with Crippen LogP contribution in [0.1, 0.15) is 12.5 Å². The van der Waals surface area contributed by atoms with Gasteiger partial charge < -0.3 is 19.1 Å². The van der Waals surface area contributed by atoms with Gasteiger partial charge in [-0.05, 0) is 42.8 Å². The van der Waals surface area contributed by atoms with E-state index in [-0.39, 0.29) is 18.1 Å². The molecule has 1 amide bonds. The number of nitrogens with zero attached hydrogens (tertiary/aromatic N) is 3. The highest BCUT2D eigenvalue weighted by atomic mass is 32.1. The van der Waals surface area contributed by atoms with Crippen molar-refractivity contribution >= 4 is 39.3 Å². The van der Waals surface area contributed by atoms with E-state index in [4.69, 9.17) is 14.2 Å². The molecule has 1 aliphatic rings. The molecule has 5 rings (SSSR count). The van der Waals surface area contributed by atoms with Gasteiger partial charge in [0.25, 0.3) is 11.5 Å². The van der Waals surface area contributed by atoms with Crippen LogP contribution in [0.3, 0.4) is 0 Å². The van der Waals surface area contributed by atoms with Crippen molar-refractivity contribution in [2.45, 2.75) is 6.92 Å². The van der Waals surface area contributed by atoms with Gasteiger partial charge in [0.15, 0.2) is 23.1 Å². The van der Waals surface area contributed by atoms with Crippen molar-refractivity contribution in [3.05, 3.63) is 62.9 Å². The zero-order chi connectivity index (χ0) is 22.8. The number of carbonyl (C=O) groups excluding carboxylic acids is 1. The van der Waals surface area contributed by atoms with Crippen molar-refractivity contribution in [2.75, 3.05) is 39.5 Å². The Kier molecular flexibility index (Phi) is 5.97. The molecule has 0 radical (unpaired) electrons. The smallest absolute Gasteiger partial charge is 0.274 e. The second-order valence-corrected chi connectivity index (χ2v) is 8.56. The Labute approximate surface area is 193 Å². The number of amides is 1. The Hall–Kier alpha value is -3.43. The third-order valence-corrected chi connectivity index (χ3v) is 6.39. The van der Waals surface area contributed by atoms with Crippen LogP contribution in [0, 0.1) is 0 Å². The van der Waals surface area contributed by atoms with Crippen molar-refractivity contribution < 1.29 is 19.0 Å². The molecule has 1 fully saturated rings. The molecule has 33 heavy (non-hydrogen) atoms. The molecule has 1 saturated heterocycles. The molecule has 0 saturated carbocycles. The van der Waals surface area contributed by atoms with Gasteiger partial charge in [0.05, 0.1) is 35.4 Å². The standard InChI is InChI=1S/C24H23N3O5S/c1-2-31-20-13-16(7-8-19(20)32-15-22(28)26-9-11-30-12-10-26)14-21-23(29)27-18-6-4-3-5-17(18)25-24(27)33-21/h3-8,13-14H,2,9-12,15H2,1H3/b21-14-. The minimum absolute atomic E-state index is 0.0664. The van der Waals surface area contributed by atoms with Gasteiger partial charge in [0.2, 0.25) is 0 Å². The minimum atomic E-state index is -0.0990. The van der Waals surface area contributed by atoms with E-state index in [9.17, 15) is 9.59 Å². The maximum absolute atomic E-state index is 13.0. The van der Waals surface area contributed by atoms with Gasteiger partial charge in [-0.3, -0.25) is 9.59 Å². The first-order chi connectivity index (χ1) is 16.1. The van der Waals surface area contributed by atoms with Gasteiger partial charge in [-0.15, -0.1) is 0 Å². The Morgan fingerprint density at radius 2 is 1.97 bits per heavy atom. The van der Waals surface area contributed by atoms with Crippen molar-refractivity contribution in [1.82, 2.24) is 14.3 Å². The fourth-order valence-electron chi connectivity index (χ4n) is 3.81. The third-order valence-electron chi connectivity index (χ3n) is 5.43. The summed E-state index contributed by atoms with van der Waals surface area (Å²) in [7, 11) is 0. The van der Waals surface area contributed by atoms with E-state index in [2.05, 4.69) is 4.98 Å². The highest BCUT2D eigenvalue weighted by Gasteiger charge is 2.18. The molecular formula is C24H23N3O5S. The molecule has 0 unspecified atom stereocenters. The lowest BCUT2D eigenvalue weighted by Crippen LogP contribution is -2.43. The van der Waals surface area contributed by atoms with Gasteiger partial charge in [-0.2, -0.15) is 0 Å². The van der Waals surface area contributed by atoms with Crippen LogP contribution < -0.4 is 19.6 Å². The number of carbonyl (C=O) groups is 1. The van der Waals surface area contributed by atoms with Crippen LogP contribution in [0.15, 0.2) is 47.3 Å². The molecule has 0 N–H and O–H groups in total. The van der Waals surface area contributed by atoms with Crippen LogP contribution >= 0.6 is 11.3 Å². The monoisotopic (exact) mass is 465 g/mol. The first-order valence-electron chi connectivity index (χ1n) is 10.8. The van der Waals surface area contributed by atoms with E-state index in [0.717, 1.165) is 16.6 Å². The lowest BCUT2D eigenvalue weighted by molar-refractivity contribution is -0.137. The van der Waals surface area contributed by atoms with Gasteiger partial charge in [0.1, 0.15) is 0 Å². The summed E-state index contributed by atoms with van der Waals surface area (Å²) in [5.41, 5.74) is 2.31. The van der Waals surface area contributed by atoms with E-state index in [0.29, 0.717) is 53.9 Å². The van der Waals surface area contributed by atoms with Crippen molar-refractivity contribution in [2.24, 2.45) is 0 Å². The van der Waals surface area contributed by atoms with E-state index >= 15 is 0 Å². The van der Waals surface area contributed by atoms with Gasteiger partial charge in [-0.25, -0.2) is 9.38 Å².